The lowest BCUT2D eigenvalue weighted by Crippen LogP contribution is -2.52. The van der Waals surface area contributed by atoms with Gasteiger partial charge in [-0.15, -0.1) is 0 Å². The minimum Gasteiger partial charge on any atom is -0.370 e. The van der Waals surface area contributed by atoms with Gasteiger partial charge in [-0.3, -0.25) is 19.4 Å². The third-order valence-corrected chi connectivity index (χ3v) is 3.89. The number of nitrogens with two attached hydrogens (primary N) is 3. The maximum Gasteiger partial charge on any atom is 0.243 e. The van der Waals surface area contributed by atoms with Crippen molar-refractivity contribution in [2.45, 2.75) is 37.8 Å². The van der Waals surface area contributed by atoms with Gasteiger partial charge in [-0.25, -0.2) is 0 Å². The van der Waals surface area contributed by atoms with Crippen LogP contribution in [0.5, 0.6) is 0 Å². The number of hydrogen-bond acceptors (Lipinski definition) is 5. The minimum absolute atomic E-state index is 0.0310. The van der Waals surface area contributed by atoms with Crippen molar-refractivity contribution in [3.8, 4) is 0 Å². The number of hydrogen-bond donors (Lipinski definition) is 5. The van der Waals surface area contributed by atoms with Gasteiger partial charge in [0.05, 0.1) is 5.75 Å². The Morgan fingerprint density at radius 3 is 2.57 bits per heavy atom. The highest BCUT2D eigenvalue weighted by atomic mass is 32.1. The number of aliphatic imine (C=N–C) groups is 1. The molecular weight excluding hydrogens is 320 g/mol. The van der Waals surface area contributed by atoms with Crippen molar-refractivity contribution in [3.05, 3.63) is 0 Å². The fourth-order valence-electron chi connectivity index (χ4n) is 2.49. The monoisotopic (exact) mass is 344 g/mol. The highest BCUT2D eigenvalue weighted by molar-refractivity contribution is 7.81. The molecule has 0 bridgehead atoms. The molecule has 1 heterocycles. The molecule has 0 aromatic carbocycles. The van der Waals surface area contributed by atoms with E-state index in [2.05, 4.69) is 22.9 Å². The van der Waals surface area contributed by atoms with E-state index in [0.717, 1.165) is 6.42 Å². The zero-order valence-corrected chi connectivity index (χ0v) is 13.8. The molecule has 1 rings (SSSR count). The van der Waals surface area contributed by atoms with Crippen molar-refractivity contribution >= 4 is 36.3 Å². The van der Waals surface area contributed by atoms with Crippen LogP contribution in [0, 0.1) is 0 Å². The summed E-state index contributed by atoms with van der Waals surface area (Å²) in [4.78, 5) is 40.9. The molecular formula is C13H24N6O3S. The number of carbonyl (C=O) groups is 3. The number of guanidine groups is 1. The standard InChI is InChI=1S/C13H24N6O3S/c14-11(21)8(3-1-5-17-13(15)16)18-12(22)9-4-2-6-19(9)10(20)7-23/h8-9,23H,1-7H2,(H2,14,21)(H,18,22)(H4,15,16,17)/t8-,9-/m0/s1. The van der Waals surface area contributed by atoms with Gasteiger partial charge in [0.1, 0.15) is 12.1 Å². The normalized spacial score (nSPS) is 18.3. The molecule has 1 aliphatic rings. The van der Waals surface area contributed by atoms with Crippen LogP contribution in [-0.2, 0) is 14.4 Å². The number of thiol groups is 1. The van der Waals surface area contributed by atoms with E-state index in [-0.39, 0.29) is 23.5 Å². The van der Waals surface area contributed by atoms with E-state index in [1.165, 1.54) is 4.90 Å². The molecule has 0 radical (unpaired) electrons. The highest BCUT2D eigenvalue weighted by Gasteiger charge is 2.34. The second-order valence-electron chi connectivity index (χ2n) is 5.32. The lowest BCUT2D eigenvalue weighted by molar-refractivity contribution is -0.137. The first-order chi connectivity index (χ1) is 10.9. The average molecular weight is 344 g/mol. The molecule has 2 atom stereocenters. The molecule has 10 heteroatoms. The first-order valence-electron chi connectivity index (χ1n) is 7.42. The predicted molar refractivity (Wildman–Crippen MR) is 89.6 cm³/mol. The van der Waals surface area contributed by atoms with Gasteiger partial charge in [-0.1, -0.05) is 0 Å². The summed E-state index contributed by atoms with van der Waals surface area (Å²) in [5, 5.41) is 2.61. The van der Waals surface area contributed by atoms with E-state index in [0.29, 0.717) is 32.4 Å². The smallest absolute Gasteiger partial charge is 0.243 e. The number of nitrogens with zero attached hydrogens (tertiary/aromatic N) is 2. The van der Waals surface area contributed by atoms with Crippen LogP contribution in [0.2, 0.25) is 0 Å². The summed E-state index contributed by atoms with van der Waals surface area (Å²) in [5.41, 5.74) is 15.7. The summed E-state index contributed by atoms with van der Waals surface area (Å²) in [6.45, 7) is 0.860. The van der Waals surface area contributed by atoms with Crippen molar-refractivity contribution in [2.24, 2.45) is 22.2 Å². The number of rotatable bonds is 8. The summed E-state index contributed by atoms with van der Waals surface area (Å²) >= 11 is 3.95. The second kappa shape index (κ2) is 9.23. The molecule has 0 aromatic heterocycles. The Labute approximate surface area is 140 Å². The lowest BCUT2D eigenvalue weighted by Gasteiger charge is -2.25. The zero-order chi connectivity index (χ0) is 17.4. The van der Waals surface area contributed by atoms with Gasteiger partial charge in [0.25, 0.3) is 0 Å². The summed E-state index contributed by atoms with van der Waals surface area (Å²) < 4.78 is 0. The molecule has 1 fully saturated rings. The Hall–Kier alpha value is -1.97. The summed E-state index contributed by atoms with van der Waals surface area (Å²) in [6.07, 6.45) is 2.12. The minimum atomic E-state index is -0.815. The van der Waals surface area contributed by atoms with Crippen molar-refractivity contribution in [1.82, 2.24) is 10.2 Å². The van der Waals surface area contributed by atoms with Crippen LogP contribution < -0.4 is 22.5 Å². The molecule has 23 heavy (non-hydrogen) atoms. The largest absolute Gasteiger partial charge is 0.370 e. The maximum atomic E-state index is 12.3. The van der Waals surface area contributed by atoms with Crippen LogP contribution in [0.1, 0.15) is 25.7 Å². The number of carbonyl (C=O) groups excluding carboxylic acids is 3. The van der Waals surface area contributed by atoms with E-state index in [4.69, 9.17) is 17.2 Å². The second-order valence-corrected chi connectivity index (χ2v) is 5.63. The van der Waals surface area contributed by atoms with Crippen LogP contribution in [0.3, 0.4) is 0 Å². The first kappa shape index (κ1) is 19.1. The Bertz CT molecular complexity index is 480. The summed E-state index contributed by atoms with van der Waals surface area (Å²) in [6, 6.07) is -1.39. The summed E-state index contributed by atoms with van der Waals surface area (Å²) in [7, 11) is 0. The maximum absolute atomic E-state index is 12.3. The zero-order valence-electron chi connectivity index (χ0n) is 12.9. The van der Waals surface area contributed by atoms with Gasteiger partial charge in [-0.2, -0.15) is 12.6 Å². The quantitative estimate of drug-likeness (QED) is 0.148. The van der Waals surface area contributed by atoms with E-state index >= 15 is 0 Å². The molecule has 0 spiro atoms. The molecule has 1 aliphatic heterocycles. The van der Waals surface area contributed by atoms with Gasteiger partial charge >= 0.3 is 0 Å². The van der Waals surface area contributed by atoms with E-state index in [1.807, 2.05) is 0 Å². The molecule has 0 saturated carbocycles. The van der Waals surface area contributed by atoms with Gasteiger partial charge in [-0.05, 0) is 25.7 Å². The van der Waals surface area contributed by atoms with Crippen molar-refractivity contribution in [3.63, 3.8) is 0 Å². The molecule has 130 valence electrons. The molecule has 0 unspecified atom stereocenters. The average Bonchev–Trinajstić information content (AvgIpc) is 2.98. The van der Waals surface area contributed by atoms with Gasteiger partial charge in [0.2, 0.25) is 17.7 Å². The molecule has 7 N–H and O–H groups in total. The number of primary amides is 1. The van der Waals surface area contributed by atoms with Crippen LogP contribution in [0.4, 0.5) is 0 Å². The molecule has 0 aliphatic carbocycles. The topological polar surface area (TPSA) is 157 Å². The highest BCUT2D eigenvalue weighted by Crippen LogP contribution is 2.18. The number of likely N-dealkylation sites (tertiary alicyclic amines) is 1. The van der Waals surface area contributed by atoms with Crippen molar-refractivity contribution < 1.29 is 14.4 Å². The SMILES string of the molecule is NC(=O)[C@H](CCCN=C(N)N)NC(=O)[C@@H]1CCCN1C(=O)CS. The third kappa shape index (κ3) is 5.97. The molecule has 1 saturated heterocycles. The fraction of sp³-hybridized carbons (Fsp3) is 0.692. The van der Waals surface area contributed by atoms with Crippen LogP contribution in [0.25, 0.3) is 0 Å². The predicted octanol–water partition coefficient (Wildman–Crippen LogP) is -2.07. The Morgan fingerprint density at radius 2 is 2.00 bits per heavy atom. The van der Waals surface area contributed by atoms with Gasteiger partial charge in [0.15, 0.2) is 5.96 Å². The van der Waals surface area contributed by atoms with Crippen LogP contribution in [-0.4, -0.2) is 59.5 Å². The molecule has 9 nitrogen and oxygen atoms in total. The number of nitrogens with one attached hydrogen (secondary N) is 1. The van der Waals surface area contributed by atoms with Crippen LogP contribution in [0.15, 0.2) is 4.99 Å². The Kier molecular flexibility index (Phi) is 7.66. The molecule has 3 amide bonds. The van der Waals surface area contributed by atoms with Gasteiger partial charge in [0, 0.05) is 13.1 Å². The molecule has 0 aromatic rings. The third-order valence-electron chi connectivity index (χ3n) is 3.62. The van der Waals surface area contributed by atoms with Gasteiger partial charge < -0.3 is 27.4 Å². The van der Waals surface area contributed by atoms with Crippen molar-refractivity contribution in [2.75, 3.05) is 18.8 Å². The fourth-order valence-corrected chi connectivity index (χ4v) is 2.67. The van der Waals surface area contributed by atoms with Crippen molar-refractivity contribution in [1.29, 1.82) is 0 Å². The number of amides is 3. The van der Waals surface area contributed by atoms with E-state index < -0.39 is 18.0 Å². The lowest BCUT2D eigenvalue weighted by atomic mass is 10.1. The van der Waals surface area contributed by atoms with E-state index in [9.17, 15) is 14.4 Å². The first-order valence-corrected chi connectivity index (χ1v) is 8.05. The van der Waals surface area contributed by atoms with E-state index in [1.54, 1.807) is 0 Å². The Balaban J connectivity index is 2.58. The van der Waals surface area contributed by atoms with Crippen LogP contribution >= 0.6 is 12.6 Å². The Morgan fingerprint density at radius 1 is 1.30 bits per heavy atom. The summed E-state index contributed by atoms with van der Waals surface area (Å²) in [5.74, 6) is -1.19.